The van der Waals surface area contributed by atoms with Crippen LogP contribution in [-0.4, -0.2) is 43.3 Å². The number of anilines is 1. The summed E-state index contributed by atoms with van der Waals surface area (Å²) in [4.78, 5) is 26.3. The Morgan fingerprint density at radius 3 is 2.76 bits per heavy atom. The number of nitrogens with zero attached hydrogens (tertiary/aromatic N) is 6. The van der Waals surface area contributed by atoms with E-state index in [1.165, 1.54) is 17.7 Å². The van der Waals surface area contributed by atoms with Crippen LogP contribution in [0.15, 0.2) is 52.3 Å². The van der Waals surface area contributed by atoms with E-state index in [1.54, 1.807) is 17.9 Å². The lowest BCUT2D eigenvalue weighted by molar-refractivity contribution is 0.480. The molecule has 3 aromatic rings. The lowest BCUT2D eigenvalue weighted by Crippen LogP contribution is -2.41. The van der Waals surface area contributed by atoms with E-state index in [0.29, 0.717) is 5.82 Å². The van der Waals surface area contributed by atoms with Crippen molar-refractivity contribution in [3.05, 3.63) is 69.1 Å². The maximum Gasteiger partial charge on any atom is 0.332 e. The van der Waals surface area contributed by atoms with Crippen LogP contribution in [0, 0.1) is 0 Å². The quantitative estimate of drug-likeness (QED) is 0.680. The van der Waals surface area contributed by atoms with Crippen molar-refractivity contribution in [2.45, 2.75) is 25.4 Å². The first-order valence-corrected chi connectivity index (χ1v) is 9.69. The molecule has 0 bridgehead atoms. The molecule has 0 amide bonds. The van der Waals surface area contributed by atoms with Crippen LogP contribution in [0.2, 0.25) is 0 Å². The van der Waals surface area contributed by atoms with Gasteiger partial charge in [-0.3, -0.25) is 13.9 Å². The predicted molar refractivity (Wildman–Crippen MR) is 110 cm³/mol. The number of hydrogen-bond acceptors (Lipinski definition) is 6. The monoisotopic (exact) mass is 395 g/mol. The molecule has 9 heteroatoms. The summed E-state index contributed by atoms with van der Waals surface area (Å²) in [5, 5.41) is 11.6. The van der Waals surface area contributed by atoms with Crippen LogP contribution < -0.4 is 21.5 Å². The van der Waals surface area contributed by atoms with Gasteiger partial charge in [0.25, 0.3) is 5.56 Å². The first kappa shape index (κ1) is 19.1. The first-order valence-electron chi connectivity index (χ1n) is 9.69. The highest BCUT2D eigenvalue weighted by molar-refractivity contribution is 5.40. The molecule has 1 aromatic carbocycles. The highest BCUT2D eigenvalue weighted by atomic mass is 16.2. The molecular weight excluding hydrogens is 370 g/mol. The maximum absolute atomic E-state index is 12.2. The summed E-state index contributed by atoms with van der Waals surface area (Å²) >= 11 is 0. The SMILES string of the molecule is CC(N[C@@H]1CCN(c2cc(=O)n(C)c(=O)n2C)C1)c1cccc(-n2ccnn2)c1. The third-order valence-corrected chi connectivity index (χ3v) is 5.56. The van der Waals surface area contributed by atoms with Gasteiger partial charge in [-0.25, -0.2) is 9.48 Å². The molecule has 152 valence electrons. The van der Waals surface area contributed by atoms with Crippen molar-refractivity contribution in [2.75, 3.05) is 18.0 Å². The standard InChI is InChI=1S/C20H25N7O2/c1-14(15-5-4-6-17(11-15)27-10-8-21-23-27)22-16-7-9-26(13-16)18-12-19(28)25(3)20(29)24(18)2/h4-6,8,10-12,14,16,22H,7,9,13H2,1-3H3/t14?,16-/m1/s1. The van der Waals surface area contributed by atoms with Crippen LogP contribution in [0.1, 0.15) is 24.9 Å². The number of rotatable bonds is 5. The Morgan fingerprint density at radius 1 is 1.17 bits per heavy atom. The molecule has 1 unspecified atom stereocenters. The van der Waals surface area contributed by atoms with Crippen molar-refractivity contribution >= 4 is 5.82 Å². The minimum atomic E-state index is -0.304. The summed E-state index contributed by atoms with van der Waals surface area (Å²) in [6.45, 7) is 3.68. The van der Waals surface area contributed by atoms with E-state index < -0.39 is 0 Å². The lowest BCUT2D eigenvalue weighted by atomic mass is 10.1. The van der Waals surface area contributed by atoms with Gasteiger partial charge in [0.1, 0.15) is 5.82 Å². The van der Waals surface area contributed by atoms with Crippen molar-refractivity contribution in [1.82, 2.24) is 29.4 Å². The maximum atomic E-state index is 12.2. The Bertz CT molecular complexity index is 1120. The zero-order chi connectivity index (χ0) is 20.5. The Balaban J connectivity index is 1.46. The lowest BCUT2D eigenvalue weighted by Gasteiger charge is -2.23. The van der Waals surface area contributed by atoms with E-state index in [2.05, 4.69) is 39.6 Å². The zero-order valence-electron chi connectivity index (χ0n) is 16.8. The third-order valence-electron chi connectivity index (χ3n) is 5.56. The highest BCUT2D eigenvalue weighted by Crippen LogP contribution is 2.21. The van der Waals surface area contributed by atoms with E-state index >= 15 is 0 Å². The molecular formula is C20H25N7O2. The molecule has 1 fully saturated rings. The predicted octanol–water partition coefficient (Wildman–Crippen LogP) is 0.594. The fraction of sp³-hybridized carbons (Fsp3) is 0.400. The van der Waals surface area contributed by atoms with Crippen LogP contribution in [0.25, 0.3) is 5.69 Å². The number of hydrogen-bond donors (Lipinski definition) is 1. The van der Waals surface area contributed by atoms with Crippen LogP contribution in [0.5, 0.6) is 0 Å². The summed E-state index contributed by atoms with van der Waals surface area (Å²) in [5.74, 6) is 0.670. The number of benzene rings is 1. The topological polar surface area (TPSA) is 90.0 Å². The minimum Gasteiger partial charge on any atom is -0.356 e. The van der Waals surface area contributed by atoms with E-state index in [9.17, 15) is 9.59 Å². The molecule has 0 radical (unpaired) electrons. The fourth-order valence-electron chi connectivity index (χ4n) is 3.86. The van der Waals surface area contributed by atoms with E-state index in [0.717, 1.165) is 35.3 Å². The molecule has 2 atom stereocenters. The van der Waals surface area contributed by atoms with Gasteiger partial charge in [0.2, 0.25) is 0 Å². The average Bonchev–Trinajstić information content (AvgIpc) is 3.41. The molecule has 1 saturated heterocycles. The second kappa shape index (κ2) is 7.67. The van der Waals surface area contributed by atoms with Gasteiger partial charge >= 0.3 is 5.69 Å². The van der Waals surface area contributed by atoms with Crippen molar-refractivity contribution in [2.24, 2.45) is 14.1 Å². The van der Waals surface area contributed by atoms with Crippen LogP contribution in [0.4, 0.5) is 5.82 Å². The third kappa shape index (κ3) is 3.73. The van der Waals surface area contributed by atoms with Gasteiger partial charge < -0.3 is 10.2 Å². The normalized spacial score (nSPS) is 17.6. The molecule has 0 aliphatic carbocycles. The minimum absolute atomic E-state index is 0.149. The second-order valence-electron chi connectivity index (χ2n) is 7.50. The van der Waals surface area contributed by atoms with Gasteiger partial charge in [0.15, 0.2) is 0 Å². The molecule has 1 N–H and O–H groups in total. The van der Waals surface area contributed by atoms with Gasteiger partial charge in [-0.2, -0.15) is 0 Å². The van der Waals surface area contributed by atoms with Crippen molar-refractivity contribution in [1.29, 1.82) is 0 Å². The molecule has 1 aliphatic rings. The number of aromatic nitrogens is 5. The zero-order valence-corrected chi connectivity index (χ0v) is 16.8. The van der Waals surface area contributed by atoms with Gasteiger partial charge in [0.05, 0.1) is 18.1 Å². The van der Waals surface area contributed by atoms with Crippen LogP contribution >= 0.6 is 0 Å². The Kier molecular flexibility index (Phi) is 5.06. The summed E-state index contributed by atoms with van der Waals surface area (Å²) in [6, 6.07) is 10.2. The smallest absolute Gasteiger partial charge is 0.332 e. The molecule has 4 rings (SSSR count). The van der Waals surface area contributed by atoms with E-state index in [-0.39, 0.29) is 23.3 Å². The van der Waals surface area contributed by atoms with E-state index in [1.807, 2.05) is 18.3 Å². The van der Waals surface area contributed by atoms with Gasteiger partial charge in [0, 0.05) is 45.3 Å². The van der Waals surface area contributed by atoms with Crippen molar-refractivity contribution in [3.8, 4) is 5.69 Å². The highest BCUT2D eigenvalue weighted by Gasteiger charge is 2.26. The molecule has 0 spiro atoms. The molecule has 1 aliphatic heterocycles. The molecule has 29 heavy (non-hydrogen) atoms. The Hall–Kier alpha value is -3.20. The first-order chi connectivity index (χ1) is 13.9. The van der Waals surface area contributed by atoms with Crippen LogP contribution in [0.3, 0.4) is 0 Å². The molecule has 2 aromatic heterocycles. The molecule has 0 saturated carbocycles. The summed E-state index contributed by atoms with van der Waals surface area (Å²) in [5.41, 5.74) is 1.55. The second-order valence-corrected chi connectivity index (χ2v) is 7.50. The van der Waals surface area contributed by atoms with Gasteiger partial charge in [-0.05, 0) is 31.0 Å². The molecule has 3 heterocycles. The summed E-state index contributed by atoms with van der Waals surface area (Å²) < 4.78 is 4.40. The van der Waals surface area contributed by atoms with Gasteiger partial charge in [-0.1, -0.05) is 17.3 Å². The van der Waals surface area contributed by atoms with Crippen molar-refractivity contribution < 1.29 is 0 Å². The van der Waals surface area contributed by atoms with E-state index in [4.69, 9.17) is 0 Å². The fourth-order valence-corrected chi connectivity index (χ4v) is 3.86. The summed E-state index contributed by atoms with van der Waals surface area (Å²) in [6.07, 6.45) is 4.42. The van der Waals surface area contributed by atoms with Crippen LogP contribution in [-0.2, 0) is 14.1 Å². The van der Waals surface area contributed by atoms with Gasteiger partial charge in [-0.15, -0.1) is 5.10 Å². The largest absolute Gasteiger partial charge is 0.356 e. The summed E-state index contributed by atoms with van der Waals surface area (Å²) in [7, 11) is 3.20. The Morgan fingerprint density at radius 2 is 2.00 bits per heavy atom. The van der Waals surface area contributed by atoms with Crippen molar-refractivity contribution in [3.63, 3.8) is 0 Å². The average molecular weight is 395 g/mol. The molecule has 9 nitrogen and oxygen atoms in total. The number of nitrogens with one attached hydrogen (secondary N) is 1. The Labute approximate surface area is 168 Å².